The molecule has 0 radical (unpaired) electrons. The molecule has 15 nitrogen and oxygen atoms in total. The van der Waals surface area contributed by atoms with E-state index in [2.05, 4.69) is 26.0 Å². The smallest absolute Gasteiger partial charge is 0.480 e. The number of rotatable bonds is 19. The van der Waals surface area contributed by atoms with E-state index in [0.29, 0.717) is 18.9 Å². The maximum atomic E-state index is 14.6. The van der Waals surface area contributed by atoms with Gasteiger partial charge in [0.15, 0.2) is 28.7 Å². The monoisotopic (exact) mass is 802 g/mol. The number of hydrogen-bond donors (Lipinski definition) is 3. The van der Waals surface area contributed by atoms with Crippen LogP contribution in [0.1, 0.15) is 70.6 Å². The number of aliphatic carboxylic acids is 1. The third kappa shape index (κ3) is 10.5. The van der Waals surface area contributed by atoms with E-state index in [1.54, 1.807) is 18.2 Å². The van der Waals surface area contributed by atoms with Crippen LogP contribution in [0.25, 0.3) is 11.2 Å². The lowest BCUT2D eigenvalue weighted by molar-refractivity contribution is -0.139. The fraction of sp³-hybridized carbons (Fsp3) is 0.432. The van der Waals surface area contributed by atoms with Crippen molar-refractivity contribution in [2.75, 3.05) is 12.3 Å². The summed E-state index contributed by atoms with van der Waals surface area (Å²) in [5, 5.41) is 12.5. The Morgan fingerprint density at radius 1 is 1.12 bits per heavy atom. The molecular weight excluding hydrogens is 760 g/mol. The number of hydrogen-bond acceptors (Lipinski definition) is 12. The van der Waals surface area contributed by atoms with Crippen LogP contribution in [0.3, 0.4) is 0 Å². The highest BCUT2D eigenvalue weighted by Crippen LogP contribution is 2.49. The SMILES string of the molecule is C#C[C@]1(CO[P@@](=O)(NC(Cc2cc(F)cc(F)c2)C(=O)O)Oc2ccccc2)O[C@@H](n2cnc3c(N)nc(F)nc32)C[C@@H]1OC(=O)OC(CCCC)CCCC. The second kappa shape index (κ2) is 18.6. The zero-order chi connectivity index (χ0) is 40.5. The number of halogens is 3. The second-order valence-electron chi connectivity index (χ2n) is 13.1. The van der Waals surface area contributed by atoms with Gasteiger partial charge in [0.05, 0.1) is 6.33 Å². The van der Waals surface area contributed by atoms with Crippen LogP contribution in [0.2, 0.25) is 0 Å². The van der Waals surface area contributed by atoms with Gasteiger partial charge < -0.3 is 29.6 Å². The maximum absolute atomic E-state index is 14.6. The lowest BCUT2D eigenvalue weighted by Gasteiger charge is -2.31. The highest BCUT2D eigenvalue weighted by atomic mass is 31.2. The van der Waals surface area contributed by atoms with E-state index in [1.807, 2.05) is 13.8 Å². The predicted molar refractivity (Wildman–Crippen MR) is 195 cm³/mol. The summed E-state index contributed by atoms with van der Waals surface area (Å²) in [5.74, 6) is -1.32. The number of carbonyl (C=O) groups excluding carboxylic acids is 1. The number of ether oxygens (including phenoxy) is 3. The number of unbranched alkanes of at least 4 members (excludes halogenated alkanes) is 2. The molecule has 2 aromatic heterocycles. The largest absolute Gasteiger partial charge is 0.508 e. The van der Waals surface area contributed by atoms with Crippen LogP contribution < -0.4 is 15.3 Å². The first-order valence-electron chi connectivity index (χ1n) is 17.9. The molecule has 0 aliphatic carbocycles. The fourth-order valence-corrected chi connectivity index (χ4v) is 7.64. The van der Waals surface area contributed by atoms with E-state index in [9.17, 15) is 32.4 Å². The Labute approximate surface area is 320 Å². The molecule has 5 rings (SSSR count). The molecule has 0 spiro atoms. The summed E-state index contributed by atoms with van der Waals surface area (Å²) in [4.78, 5) is 37.3. The fourth-order valence-electron chi connectivity index (χ4n) is 6.11. The van der Waals surface area contributed by atoms with Gasteiger partial charge in [-0.25, -0.2) is 23.1 Å². The second-order valence-corrected chi connectivity index (χ2v) is 14.8. The highest BCUT2D eigenvalue weighted by Gasteiger charge is 2.53. The summed E-state index contributed by atoms with van der Waals surface area (Å²) in [6.45, 7) is 3.15. The molecule has 1 aliphatic heterocycles. The molecule has 3 heterocycles. The first-order chi connectivity index (χ1) is 26.8. The van der Waals surface area contributed by atoms with E-state index in [4.69, 9.17) is 35.4 Å². The third-order valence-electron chi connectivity index (χ3n) is 8.91. The minimum Gasteiger partial charge on any atom is -0.480 e. The number of fused-ring (bicyclic) bond motifs is 1. The van der Waals surface area contributed by atoms with E-state index < -0.39 is 80.7 Å². The standard InChI is InChI=1S/C37H42F3N6O9P/c1-4-7-12-26(13-8-5-2)52-36(49)53-29-20-30(46-22-42-31-32(41)43-35(40)44-33(31)46)54-37(29,6-3)21-51-56(50,55-27-14-10-9-11-15-27)45-28(34(47)48)18-23-16-24(38)19-25(39)17-23/h3,9-11,14-17,19,22,26,28-30H,4-5,7-8,12-13,18,20-21H2,1-2H3,(H,45,50)(H,47,48)(H2,41,43,44)/t28?,29-,30+,37+,56-/m0/s1. The number of aromatic nitrogens is 4. The lowest BCUT2D eigenvalue weighted by Crippen LogP contribution is -2.46. The van der Waals surface area contributed by atoms with E-state index in [-0.39, 0.29) is 34.7 Å². The summed E-state index contributed by atoms with van der Waals surface area (Å²) in [6.07, 6.45) is 5.81. The number of carboxylic acids is 1. The Balaban J connectivity index is 1.48. The normalized spacial score (nSPS) is 19.7. The van der Waals surface area contributed by atoms with Gasteiger partial charge in [0, 0.05) is 12.5 Å². The molecule has 4 aromatic rings. The van der Waals surface area contributed by atoms with Crippen LogP contribution in [-0.2, 0) is 34.5 Å². The number of nitrogens with zero attached hydrogens (tertiary/aromatic N) is 4. The van der Waals surface area contributed by atoms with Crippen LogP contribution in [0.15, 0.2) is 54.9 Å². The summed E-state index contributed by atoms with van der Waals surface area (Å²) in [6, 6.07) is 8.25. The van der Waals surface area contributed by atoms with E-state index in [0.717, 1.165) is 37.8 Å². The van der Waals surface area contributed by atoms with Gasteiger partial charge in [-0.05, 0) is 49.1 Å². The van der Waals surface area contributed by atoms with Gasteiger partial charge in [0.25, 0.3) is 0 Å². The molecule has 4 N–H and O–H groups in total. The van der Waals surface area contributed by atoms with Gasteiger partial charge >= 0.3 is 25.9 Å². The Morgan fingerprint density at radius 3 is 2.43 bits per heavy atom. The van der Waals surface area contributed by atoms with Crippen molar-refractivity contribution in [2.24, 2.45) is 0 Å². The lowest BCUT2D eigenvalue weighted by atomic mass is 9.99. The number of para-hydroxylation sites is 1. The Bertz CT molecular complexity index is 2060. The topological polar surface area (TPSA) is 199 Å². The molecule has 1 fully saturated rings. The van der Waals surface area contributed by atoms with Gasteiger partial charge in [-0.3, -0.25) is 13.9 Å². The van der Waals surface area contributed by atoms with Gasteiger partial charge in [-0.1, -0.05) is 63.7 Å². The van der Waals surface area contributed by atoms with Gasteiger partial charge in [-0.2, -0.15) is 19.4 Å². The van der Waals surface area contributed by atoms with Crippen LogP contribution in [0.4, 0.5) is 23.8 Å². The summed E-state index contributed by atoms with van der Waals surface area (Å²) >= 11 is 0. The third-order valence-corrected chi connectivity index (χ3v) is 10.5. The van der Waals surface area contributed by atoms with Gasteiger partial charge in [0.2, 0.25) is 0 Å². The van der Waals surface area contributed by atoms with Crippen LogP contribution >= 0.6 is 7.75 Å². The van der Waals surface area contributed by atoms with Crippen LogP contribution in [0.5, 0.6) is 5.75 Å². The van der Waals surface area contributed by atoms with Crippen molar-refractivity contribution in [2.45, 2.75) is 95.3 Å². The molecule has 19 heteroatoms. The van der Waals surface area contributed by atoms with Crippen molar-refractivity contribution in [3.05, 3.63) is 78.1 Å². The van der Waals surface area contributed by atoms with Crippen molar-refractivity contribution >= 4 is 36.9 Å². The number of anilines is 1. The summed E-state index contributed by atoms with van der Waals surface area (Å²) in [5.41, 5.74) is 3.67. The molecule has 56 heavy (non-hydrogen) atoms. The molecule has 1 aliphatic rings. The molecule has 300 valence electrons. The Kier molecular flexibility index (Phi) is 13.9. The first kappa shape index (κ1) is 41.9. The Hall–Kier alpha value is -5.21. The average Bonchev–Trinajstić information content (AvgIpc) is 3.73. The summed E-state index contributed by atoms with van der Waals surface area (Å²) in [7, 11) is -4.83. The minimum atomic E-state index is -4.83. The number of nitrogen functional groups attached to an aromatic ring is 1. The van der Waals surface area contributed by atoms with E-state index >= 15 is 0 Å². The maximum Gasteiger partial charge on any atom is 0.508 e. The molecule has 2 aromatic carbocycles. The van der Waals surface area contributed by atoms with Crippen molar-refractivity contribution in [1.29, 1.82) is 0 Å². The van der Waals surface area contributed by atoms with Crippen molar-refractivity contribution in [3.8, 4) is 18.1 Å². The molecule has 0 bridgehead atoms. The quantitative estimate of drug-likeness (QED) is 0.0384. The number of benzene rings is 2. The van der Waals surface area contributed by atoms with Crippen LogP contribution in [-0.4, -0.2) is 67.2 Å². The number of nitrogens with two attached hydrogens (primary N) is 1. The zero-order valence-corrected chi connectivity index (χ0v) is 31.5. The molecule has 1 saturated heterocycles. The molecule has 5 atom stereocenters. The minimum absolute atomic E-state index is 0.0185. The van der Waals surface area contributed by atoms with Crippen LogP contribution in [0, 0.1) is 30.1 Å². The number of terminal acetylenes is 1. The number of carboxylic acid groups (broad SMARTS) is 1. The molecule has 1 unspecified atom stereocenters. The Morgan fingerprint density at radius 2 is 1.80 bits per heavy atom. The molecule has 0 amide bonds. The summed E-state index contributed by atoms with van der Waals surface area (Å²) < 4.78 is 87.6. The molecular formula is C37H42F3N6O9P. The van der Waals surface area contributed by atoms with Gasteiger partial charge in [-0.15, -0.1) is 6.42 Å². The number of carbonyl (C=O) groups is 2. The van der Waals surface area contributed by atoms with Crippen molar-refractivity contribution < 1.29 is 55.7 Å². The first-order valence-corrected chi connectivity index (χ1v) is 19.4. The van der Waals surface area contributed by atoms with Crippen molar-refractivity contribution in [3.63, 3.8) is 0 Å². The van der Waals surface area contributed by atoms with Gasteiger partial charge in [0.1, 0.15) is 42.4 Å². The van der Waals surface area contributed by atoms with E-state index in [1.165, 1.54) is 23.0 Å². The molecule has 0 saturated carbocycles. The average molecular weight is 803 g/mol. The van der Waals surface area contributed by atoms with Crippen molar-refractivity contribution in [1.82, 2.24) is 24.6 Å². The highest BCUT2D eigenvalue weighted by molar-refractivity contribution is 7.52. The number of nitrogens with one attached hydrogen (secondary N) is 1. The predicted octanol–water partition coefficient (Wildman–Crippen LogP) is 6.88. The number of imidazole rings is 1. The zero-order valence-electron chi connectivity index (χ0n) is 30.6.